The molecular formula is C16H16BrClFNO. The van der Waals surface area contributed by atoms with Crippen LogP contribution in [-0.2, 0) is 6.54 Å². The van der Waals surface area contributed by atoms with Crippen molar-refractivity contribution >= 4 is 33.2 Å². The topological polar surface area (TPSA) is 21.3 Å². The fourth-order valence-corrected chi connectivity index (χ4v) is 2.34. The molecule has 0 radical (unpaired) electrons. The smallest absolute Gasteiger partial charge is 0.142 e. The number of rotatable bonds is 6. The highest BCUT2D eigenvalue weighted by molar-refractivity contribution is 9.10. The monoisotopic (exact) mass is 371 g/mol. The first-order valence-corrected chi connectivity index (χ1v) is 7.87. The first-order valence-electron chi connectivity index (χ1n) is 6.70. The Morgan fingerprint density at radius 3 is 2.76 bits per heavy atom. The summed E-state index contributed by atoms with van der Waals surface area (Å²) >= 11 is 9.25. The largest absolute Gasteiger partial charge is 0.491 e. The van der Waals surface area contributed by atoms with E-state index in [9.17, 15) is 4.39 Å². The van der Waals surface area contributed by atoms with Crippen molar-refractivity contribution in [2.45, 2.75) is 19.9 Å². The summed E-state index contributed by atoms with van der Waals surface area (Å²) in [6.45, 7) is 3.03. The Labute approximate surface area is 137 Å². The van der Waals surface area contributed by atoms with Gasteiger partial charge >= 0.3 is 0 Å². The van der Waals surface area contributed by atoms with Crippen molar-refractivity contribution in [3.63, 3.8) is 0 Å². The predicted molar refractivity (Wildman–Crippen MR) is 88.7 cm³/mol. The molecule has 2 nitrogen and oxygen atoms in total. The molecule has 5 heteroatoms. The number of ether oxygens (including phenoxy) is 1. The molecule has 0 aliphatic rings. The molecule has 0 amide bonds. The van der Waals surface area contributed by atoms with Gasteiger partial charge in [-0.15, -0.1) is 0 Å². The normalized spacial score (nSPS) is 10.5. The zero-order valence-electron chi connectivity index (χ0n) is 11.6. The maximum absolute atomic E-state index is 13.8. The molecule has 1 N–H and O–H groups in total. The molecule has 112 valence electrons. The summed E-state index contributed by atoms with van der Waals surface area (Å²) in [6, 6.07) is 10.4. The van der Waals surface area contributed by atoms with Crippen LogP contribution in [0.5, 0.6) is 5.75 Å². The van der Waals surface area contributed by atoms with Crippen LogP contribution in [0.3, 0.4) is 0 Å². The van der Waals surface area contributed by atoms with Crippen molar-refractivity contribution in [2.75, 3.05) is 11.9 Å². The van der Waals surface area contributed by atoms with Crippen LogP contribution in [0.15, 0.2) is 40.9 Å². The molecule has 0 heterocycles. The Kier molecular flexibility index (Phi) is 5.88. The molecule has 0 fully saturated rings. The number of halogens is 3. The highest BCUT2D eigenvalue weighted by atomic mass is 79.9. The van der Waals surface area contributed by atoms with E-state index in [1.165, 1.54) is 6.07 Å². The Morgan fingerprint density at radius 2 is 2.05 bits per heavy atom. The second kappa shape index (κ2) is 7.66. The van der Waals surface area contributed by atoms with E-state index >= 15 is 0 Å². The fraction of sp³-hybridized carbons (Fsp3) is 0.250. The van der Waals surface area contributed by atoms with Crippen molar-refractivity contribution < 1.29 is 9.13 Å². The van der Waals surface area contributed by atoms with Crippen LogP contribution in [-0.4, -0.2) is 6.61 Å². The molecule has 0 aromatic heterocycles. The van der Waals surface area contributed by atoms with Crippen molar-refractivity contribution in [3.05, 3.63) is 57.3 Å². The van der Waals surface area contributed by atoms with Crippen LogP contribution < -0.4 is 10.1 Å². The zero-order valence-corrected chi connectivity index (χ0v) is 14.0. The molecule has 2 rings (SSSR count). The average molecular weight is 373 g/mol. The van der Waals surface area contributed by atoms with Gasteiger partial charge < -0.3 is 10.1 Å². The molecule has 0 bridgehead atoms. The number of anilines is 1. The molecule has 2 aromatic rings. The molecule has 21 heavy (non-hydrogen) atoms. The van der Waals surface area contributed by atoms with Gasteiger partial charge in [0.25, 0.3) is 0 Å². The molecule has 0 saturated carbocycles. The number of hydrogen-bond acceptors (Lipinski definition) is 2. The maximum atomic E-state index is 13.8. The standard InChI is InChI=1S/C16H16BrClFNO/c1-2-7-21-16-6-5-13(18)9-15(16)20-10-11-3-4-12(17)8-14(11)19/h3-6,8-9,20H,2,7,10H2,1H3. The number of benzene rings is 2. The summed E-state index contributed by atoms with van der Waals surface area (Å²) in [7, 11) is 0. The summed E-state index contributed by atoms with van der Waals surface area (Å²) in [6.07, 6.45) is 0.920. The van der Waals surface area contributed by atoms with Gasteiger partial charge in [-0.25, -0.2) is 4.39 Å². The van der Waals surface area contributed by atoms with Gasteiger partial charge in [0.15, 0.2) is 0 Å². The van der Waals surface area contributed by atoms with Crippen LogP contribution in [0.25, 0.3) is 0 Å². The van der Waals surface area contributed by atoms with E-state index in [1.54, 1.807) is 18.2 Å². The van der Waals surface area contributed by atoms with E-state index in [0.717, 1.165) is 22.3 Å². The van der Waals surface area contributed by atoms with Gasteiger partial charge in [0, 0.05) is 21.6 Å². The lowest BCUT2D eigenvalue weighted by atomic mass is 10.2. The number of nitrogens with one attached hydrogen (secondary N) is 1. The van der Waals surface area contributed by atoms with Crippen LogP contribution in [0.1, 0.15) is 18.9 Å². The first kappa shape index (κ1) is 16.1. The van der Waals surface area contributed by atoms with Crippen molar-refractivity contribution in [1.82, 2.24) is 0 Å². The Bertz CT molecular complexity index is 621. The minimum Gasteiger partial charge on any atom is -0.491 e. The van der Waals surface area contributed by atoms with Crippen molar-refractivity contribution in [2.24, 2.45) is 0 Å². The zero-order chi connectivity index (χ0) is 15.2. The third-order valence-corrected chi connectivity index (χ3v) is 3.62. The Morgan fingerprint density at radius 1 is 1.24 bits per heavy atom. The van der Waals surface area contributed by atoms with E-state index in [0.29, 0.717) is 23.7 Å². The molecule has 0 aliphatic carbocycles. The quantitative estimate of drug-likeness (QED) is 0.708. The van der Waals surface area contributed by atoms with Gasteiger partial charge in [0.05, 0.1) is 12.3 Å². The van der Waals surface area contributed by atoms with Gasteiger partial charge in [-0.05, 0) is 36.8 Å². The molecular weight excluding hydrogens is 357 g/mol. The molecule has 0 spiro atoms. The van der Waals surface area contributed by atoms with Gasteiger partial charge in [-0.3, -0.25) is 0 Å². The lowest BCUT2D eigenvalue weighted by Gasteiger charge is -2.14. The maximum Gasteiger partial charge on any atom is 0.142 e. The SMILES string of the molecule is CCCOc1ccc(Cl)cc1NCc1ccc(Br)cc1F. The van der Waals surface area contributed by atoms with Crippen LogP contribution in [0.2, 0.25) is 5.02 Å². The van der Waals surface area contributed by atoms with Gasteiger partial charge in [-0.1, -0.05) is 40.5 Å². The Hall–Kier alpha value is -1.26. The third kappa shape index (κ3) is 4.61. The molecule has 0 unspecified atom stereocenters. The highest BCUT2D eigenvalue weighted by Gasteiger charge is 2.07. The van der Waals surface area contributed by atoms with Crippen LogP contribution in [0, 0.1) is 5.82 Å². The van der Waals surface area contributed by atoms with E-state index in [-0.39, 0.29) is 5.82 Å². The summed E-state index contributed by atoms with van der Waals surface area (Å²) in [5.41, 5.74) is 1.35. The van der Waals surface area contributed by atoms with Crippen LogP contribution in [0.4, 0.5) is 10.1 Å². The molecule has 0 atom stereocenters. The average Bonchev–Trinajstić information content (AvgIpc) is 2.45. The lowest BCUT2D eigenvalue weighted by molar-refractivity contribution is 0.319. The summed E-state index contributed by atoms with van der Waals surface area (Å²) in [4.78, 5) is 0. The number of hydrogen-bond donors (Lipinski definition) is 1. The Balaban J connectivity index is 2.12. The van der Waals surface area contributed by atoms with E-state index < -0.39 is 0 Å². The fourth-order valence-electron chi connectivity index (χ4n) is 1.83. The van der Waals surface area contributed by atoms with E-state index in [1.807, 2.05) is 19.1 Å². The summed E-state index contributed by atoms with van der Waals surface area (Å²) in [5, 5.41) is 3.78. The minimum absolute atomic E-state index is 0.255. The lowest BCUT2D eigenvalue weighted by Crippen LogP contribution is -2.05. The first-order chi connectivity index (χ1) is 10.1. The summed E-state index contributed by atoms with van der Waals surface area (Å²) < 4.78 is 20.2. The van der Waals surface area contributed by atoms with Crippen molar-refractivity contribution in [1.29, 1.82) is 0 Å². The minimum atomic E-state index is -0.255. The molecule has 2 aromatic carbocycles. The third-order valence-electron chi connectivity index (χ3n) is 2.89. The second-order valence-corrected chi connectivity index (χ2v) is 5.93. The van der Waals surface area contributed by atoms with Gasteiger partial charge in [-0.2, -0.15) is 0 Å². The van der Waals surface area contributed by atoms with Gasteiger partial charge in [0.1, 0.15) is 11.6 Å². The second-order valence-electron chi connectivity index (χ2n) is 4.58. The molecule has 0 saturated heterocycles. The highest BCUT2D eigenvalue weighted by Crippen LogP contribution is 2.29. The summed E-state index contributed by atoms with van der Waals surface area (Å²) in [5.74, 6) is 0.466. The van der Waals surface area contributed by atoms with Crippen molar-refractivity contribution in [3.8, 4) is 5.75 Å². The van der Waals surface area contributed by atoms with Gasteiger partial charge in [0.2, 0.25) is 0 Å². The van der Waals surface area contributed by atoms with E-state index in [4.69, 9.17) is 16.3 Å². The van der Waals surface area contributed by atoms with E-state index in [2.05, 4.69) is 21.2 Å². The molecule has 0 aliphatic heterocycles. The predicted octanol–water partition coefficient (Wildman–Crippen LogP) is 5.64. The van der Waals surface area contributed by atoms with Crippen LogP contribution >= 0.6 is 27.5 Å².